The average molecular weight is 294 g/mol. The predicted molar refractivity (Wildman–Crippen MR) is 78.7 cm³/mol. The first-order valence-corrected chi connectivity index (χ1v) is 6.81. The predicted octanol–water partition coefficient (Wildman–Crippen LogP) is 2.43. The Balaban J connectivity index is 1.96. The third-order valence-corrected chi connectivity index (χ3v) is 3.21. The van der Waals surface area contributed by atoms with Crippen LogP contribution in [-0.2, 0) is 11.2 Å². The van der Waals surface area contributed by atoms with E-state index < -0.39 is 6.03 Å². The van der Waals surface area contributed by atoms with Gasteiger partial charge >= 0.3 is 6.03 Å². The SMILES string of the molecule is CCCc1ccc(NC(=O)NC2=CC(=O)NC2)cc1Cl. The molecule has 1 aromatic carbocycles. The van der Waals surface area contributed by atoms with Crippen molar-refractivity contribution >= 4 is 29.2 Å². The van der Waals surface area contributed by atoms with Crippen LogP contribution in [-0.4, -0.2) is 18.5 Å². The van der Waals surface area contributed by atoms with E-state index in [9.17, 15) is 9.59 Å². The highest BCUT2D eigenvalue weighted by Crippen LogP contribution is 2.22. The normalized spacial score (nSPS) is 13.7. The van der Waals surface area contributed by atoms with E-state index in [0.717, 1.165) is 18.4 Å². The van der Waals surface area contributed by atoms with E-state index in [1.807, 2.05) is 12.1 Å². The molecule has 106 valence electrons. The monoisotopic (exact) mass is 293 g/mol. The molecule has 2 rings (SSSR count). The van der Waals surface area contributed by atoms with Crippen LogP contribution < -0.4 is 16.0 Å². The Hall–Kier alpha value is -2.01. The Morgan fingerprint density at radius 1 is 1.40 bits per heavy atom. The summed E-state index contributed by atoms with van der Waals surface area (Å²) in [4.78, 5) is 22.7. The van der Waals surface area contributed by atoms with Gasteiger partial charge < -0.3 is 16.0 Å². The number of hydrogen-bond acceptors (Lipinski definition) is 2. The molecule has 20 heavy (non-hydrogen) atoms. The third kappa shape index (κ3) is 3.74. The van der Waals surface area contributed by atoms with Crippen LogP contribution in [0.3, 0.4) is 0 Å². The van der Waals surface area contributed by atoms with Crippen molar-refractivity contribution < 1.29 is 9.59 Å². The standard InChI is InChI=1S/C14H16ClN3O2/c1-2-3-9-4-5-10(6-12(9)15)17-14(20)18-11-7-13(19)16-8-11/h4-7H,2-3,8H2,1H3,(H,16,19)(H2,17,18,20). The zero-order valence-corrected chi connectivity index (χ0v) is 11.9. The van der Waals surface area contributed by atoms with Crippen molar-refractivity contribution in [2.24, 2.45) is 0 Å². The maximum absolute atomic E-state index is 11.8. The minimum absolute atomic E-state index is 0.202. The minimum Gasteiger partial charge on any atom is -0.347 e. The average Bonchev–Trinajstić information content (AvgIpc) is 2.78. The van der Waals surface area contributed by atoms with Crippen LogP contribution in [0.2, 0.25) is 5.02 Å². The van der Waals surface area contributed by atoms with Gasteiger partial charge in [-0.25, -0.2) is 4.79 Å². The summed E-state index contributed by atoms with van der Waals surface area (Å²) in [6, 6.07) is 5.04. The van der Waals surface area contributed by atoms with E-state index >= 15 is 0 Å². The lowest BCUT2D eigenvalue weighted by Crippen LogP contribution is -2.30. The minimum atomic E-state index is -0.396. The number of aryl methyl sites for hydroxylation is 1. The van der Waals surface area contributed by atoms with Gasteiger partial charge in [-0.2, -0.15) is 0 Å². The van der Waals surface area contributed by atoms with Gasteiger partial charge in [0.05, 0.1) is 6.54 Å². The first kappa shape index (κ1) is 14.4. The van der Waals surface area contributed by atoms with Crippen LogP contribution in [0, 0.1) is 0 Å². The highest BCUT2D eigenvalue weighted by atomic mass is 35.5. The summed E-state index contributed by atoms with van der Waals surface area (Å²) in [6.45, 7) is 2.42. The van der Waals surface area contributed by atoms with Gasteiger partial charge in [-0.3, -0.25) is 4.79 Å². The Bertz CT molecular complexity index is 570. The summed E-state index contributed by atoms with van der Waals surface area (Å²) < 4.78 is 0. The summed E-state index contributed by atoms with van der Waals surface area (Å²) in [5.74, 6) is -0.202. The molecular weight excluding hydrogens is 278 g/mol. The van der Waals surface area contributed by atoms with Gasteiger partial charge in [0.1, 0.15) is 0 Å². The lowest BCUT2D eigenvalue weighted by Gasteiger charge is -2.09. The van der Waals surface area contributed by atoms with Crippen molar-refractivity contribution in [1.82, 2.24) is 10.6 Å². The molecule has 0 bridgehead atoms. The zero-order valence-electron chi connectivity index (χ0n) is 11.1. The molecule has 1 heterocycles. The van der Waals surface area contributed by atoms with Crippen LogP contribution in [0.1, 0.15) is 18.9 Å². The fourth-order valence-electron chi connectivity index (χ4n) is 1.93. The summed E-state index contributed by atoms with van der Waals surface area (Å²) in [6.07, 6.45) is 3.28. The van der Waals surface area contributed by atoms with Gasteiger partial charge in [-0.15, -0.1) is 0 Å². The van der Waals surface area contributed by atoms with Gasteiger partial charge in [0.2, 0.25) is 5.91 Å². The first-order valence-electron chi connectivity index (χ1n) is 6.43. The van der Waals surface area contributed by atoms with Gasteiger partial charge in [-0.1, -0.05) is 31.0 Å². The maximum atomic E-state index is 11.8. The van der Waals surface area contributed by atoms with Crippen LogP contribution in [0.5, 0.6) is 0 Å². The van der Waals surface area contributed by atoms with Gasteiger partial charge in [0.15, 0.2) is 0 Å². The Labute approximate surface area is 122 Å². The zero-order chi connectivity index (χ0) is 14.5. The smallest absolute Gasteiger partial charge is 0.323 e. The second kappa shape index (κ2) is 6.43. The number of anilines is 1. The fraction of sp³-hybridized carbons (Fsp3) is 0.286. The van der Waals surface area contributed by atoms with Crippen LogP contribution in [0.4, 0.5) is 10.5 Å². The van der Waals surface area contributed by atoms with Gasteiger partial charge in [0, 0.05) is 22.5 Å². The molecule has 0 spiro atoms. The van der Waals surface area contributed by atoms with Crippen LogP contribution in [0.15, 0.2) is 30.0 Å². The van der Waals surface area contributed by atoms with Crippen molar-refractivity contribution in [2.45, 2.75) is 19.8 Å². The number of carbonyl (C=O) groups is 2. The van der Waals surface area contributed by atoms with Crippen molar-refractivity contribution in [1.29, 1.82) is 0 Å². The molecule has 0 atom stereocenters. The third-order valence-electron chi connectivity index (χ3n) is 2.86. The van der Waals surface area contributed by atoms with Crippen molar-refractivity contribution in [3.05, 3.63) is 40.6 Å². The summed E-state index contributed by atoms with van der Waals surface area (Å²) >= 11 is 6.14. The van der Waals surface area contributed by atoms with Crippen LogP contribution in [0.25, 0.3) is 0 Å². The lowest BCUT2D eigenvalue weighted by atomic mass is 10.1. The van der Waals surface area contributed by atoms with E-state index in [-0.39, 0.29) is 5.91 Å². The largest absolute Gasteiger partial charge is 0.347 e. The number of carbonyl (C=O) groups excluding carboxylic acids is 2. The number of rotatable bonds is 4. The van der Waals surface area contributed by atoms with Crippen LogP contribution >= 0.6 is 11.6 Å². The second-order valence-corrected chi connectivity index (χ2v) is 4.93. The van der Waals surface area contributed by atoms with E-state index in [4.69, 9.17) is 11.6 Å². The molecule has 0 aliphatic carbocycles. The number of halogens is 1. The lowest BCUT2D eigenvalue weighted by molar-refractivity contribution is -0.115. The molecule has 0 saturated carbocycles. The summed E-state index contributed by atoms with van der Waals surface area (Å²) in [5.41, 5.74) is 2.22. The van der Waals surface area contributed by atoms with E-state index in [0.29, 0.717) is 23.0 Å². The first-order chi connectivity index (χ1) is 9.58. The van der Waals surface area contributed by atoms with Crippen molar-refractivity contribution in [3.63, 3.8) is 0 Å². The van der Waals surface area contributed by atoms with Gasteiger partial charge in [0.25, 0.3) is 0 Å². The molecule has 5 nitrogen and oxygen atoms in total. The maximum Gasteiger partial charge on any atom is 0.323 e. The number of amides is 3. The molecule has 1 aliphatic heterocycles. The molecule has 1 aliphatic rings. The van der Waals surface area contributed by atoms with E-state index in [1.54, 1.807) is 6.07 Å². The quantitative estimate of drug-likeness (QED) is 0.798. The molecule has 0 fully saturated rings. The Morgan fingerprint density at radius 2 is 2.20 bits per heavy atom. The summed E-state index contributed by atoms with van der Waals surface area (Å²) in [5, 5.41) is 8.50. The molecule has 0 saturated heterocycles. The van der Waals surface area contributed by atoms with E-state index in [1.165, 1.54) is 6.08 Å². The summed E-state index contributed by atoms with van der Waals surface area (Å²) in [7, 11) is 0. The fourth-order valence-corrected chi connectivity index (χ4v) is 2.20. The highest BCUT2D eigenvalue weighted by molar-refractivity contribution is 6.31. The molecule has 3 N–H and O–H groups in total. The molecule has 3 amide bonds. The Kier molecular flexibility index (Phi) is 4.63. The van der Waals surface area contributed by atoms with Crippen molar-refractivity contribution in [2.75, 3.05) is 11.9 Å². The second-order valence-electron chi connectivity index (χ2n) is 4.52. The van der Waals surface area contributed by atoms with E-state index in [2.05, 4.69) is 22.9 Å². The number of hydrogen-bond donors (Lipinski definition) is 3. The number of nitrogens with one attached hydrogen (secondary N) is 3. The topological polar surface area (TPSA) is 70.2 Å². The number of benzene rings is 1. The van der Waals surface area contributed by atoms with Gasteiger partial charge in [-0.05, 0) is 24.1 Å². The van der Waals surface area contributed by atoms with Crippen molar-refractivity contribution in [3.8, 4) is 0 Å². The molecule has 0 unspecified atom stereocenters. The highest BCUT2D eigenvalue weighted by Gasteiger charge is 2.13. The molecule has 1 aromatic rings. The number of urea groups is 1. The molecule has 0 radical (unpaired) electrons. The molecule has 0 aromatic heterocycles. The molecular formula is C14H16ClN3O2. The Morgan fingerprint density at radius 3 is 2.80 bits per heavy atom. The molecule has 6 heteroatoms.